The van der Waals surface area contributed by atoms with Gasteiger partial charge in [-0.05, 0) is 18.2 Å². The van der Waals surface area contributed by atoms with E-state index in [-0.39, 0.29) is 0 Å². The van der Waals surface area contributed by atoms with E-state index in [1.165, 1.54) is 0 Å². The fraction of sp³-hybridized carbons (Fsp3) is 0.333. The molecule has 0 aliphatic heterocycles. The van der Waals surface area contributed by atoms with Gasteiger partial charge in [-0.1, -0.05) is 0 Å². The Kier molecular flexibility index (Phi) is 5.79. The Morgan fingerprint density at radius 2 is 1.95 bits per heavy atom. The third-order valence-corrected chi connectivity index (χ3v) is 2.91. The van der Waals surface area contributed by atoms with Gasteiger partial charge in [0.25, 0.3) is 0 Å². The van der Waals surface area contributed by atoms with Gasteiger partial charge >= 0.3 is 0 Å². The van der Waals surface area contributed by atoms with Crippen molar-refractivity contribution in [2.45, 2.75) is 0 Å². The monoisotopic (exact) mass is 304 g/mol. The molecule has 0 saturated carbocycles. The minimum Gasteiger partial charge on any atom is -0.497 e. The smallest absolute Gasteiger partial charge is 0.224 e. The van der Waals surface area contributed by atoms with Crippen LogP contribution in [0.5, 0.6) is 11.5 Å². The van der Waals surface area contributed by atoms with Crippen molar-refractivity contribution in [1.29, 1.82) is 0 Å². The number of hydrogen-bond donors (Lipinski definition) is 2. The van der Waals surface area contributed by atoms with E-state index >= 15 is 0 Å². The highest BCUT2D eigenvalue weighted by molar-refractivity contribution is 5.66. The van der Waals surface area contributed by atoms with Crippen LogP contribution in [-0.2, 0) is 4.74 Å². The Bertz CT molecular complexity index is 607. The van der Waals surface area contributed by atoms with Gasteiger partial charge in [-0.15, -0.1) is 0 Å². The highest BCUT2D eigenvalue weighted by Gasteiger charge is 2.07. The molecule has 0 atom stereocenters. The number of benzene rings is 1. The fourth-order valence-electron chi connectivity index (χ4n) is 1.83. The molecule has 0 amide bonds. The molecule has 118 valence electrons. The van der Waals surface area contributed by atoms with Crippen LogP contribution >= 0.6 is 0 Å². The summed E-state index contributed by atoms with van der Waals surface area (Å²) in [5.41, 5.74) is 0.767. The van der Waals surface area contributed by atoms with Crippen LogP contribution in [-0.4, -0.2) is 44.4 Å². The summed E-state index contributed by atoms with van der Waals surface area (Å²) in [5.74, 6) is 2.62. The average molecular weight is 304 g/mol. The van der Waals surface area contributed by atoms with Crippen molar-refractivity contribution >= 4 is 17.5 Å². The van der Waals surface area contributed by atoms with Crippen molar-refractivity contribution in [2.75, 3.05) is 45.1 Å². The van der Waals surface area contributed by atoms with Gasteiger partial charge in [0.1, 0.15) is 17.3 Å². The first-order valence-corrected chi connectivity index (χ1v) is 6.81. The molecular weight excluding hydrogens is 284 g/mol. The van der Waals surface area contributed by atoms with Crippen LogP contribution in [0.2, 0.25) is 0 Å². The molecule has 0 aliphatic carbocycles. The number of methoxy groups -OCH3 is 3. The Balaban J connectivity index is 2.14. The van der Waals surface area contributed by atoms with Crippen molar-refractivity contribution in [1.82, 2.24) is 9.97 Å². The Hall–Kier alpha value is -2.54. The Morgan fingerprint density at radius 3 is 2.68 bits per heavy atom. The normalized spacial score (nSPS) is 10.1. The summed E-state index contributed by atoms with van der Waals surface area (Å²) in [5, 5.41) is 6.28. The van der Waals surface area contributed by atoms with Crippen molar-refractivity contribution in [3.63, 3.8) is 0 Å². The maximum atomic E-state index is 5.33. The number of ether oxygens (including phenoxy) is 3. The molecule has 0 bridgehead atoms. The van der Waals surface area contributed by atoms with E-state index in [1.54, 1.807) is 33.6 Å². The first kappa shape index (κ1) is 15.8. The van der Waals surface area contributed by atoms with Crippen LogP contribution < -0.4 is 20.1 Å². The molecule has 1 heterocycles. The second kappa shape index (κ2) is 8.04. The first-order chi connectivity index (χ1) is 10.8. The van der Waals surface area contributed by atoms with Crippen LogP contribution in [0.15, 0.2) is 30.5 Å². The van der Waals surface area contributed by atoms with Crippen molar-refractivity contribution in [2.24, 2.45) is 0 Å². The molecule has 2 aromatic rings. The summed E-state index contributed by atoms with van der Waals surface area (Å²) in [7, 11) is 4.88. The molecule has 0 fully saturated rings. The van der Waals surface area contributed by atoms with E-state index in [0.717, 1.165) is 11.4 Å². The van der Waals surface area contributed by atoms with E-state index in [0.29, 0.717) is 30.7 Å². The molecule has 7 heteroatoms. The lowest BCUT2D eigenvalue weighted by Crippen LogP contribution is -2.10. The molecule has 1 aromatic carbocycles. The molecular formula is C15H20N4O3. The van der Waals surface area contributed by atoms with Crippen LogP contribution in [0.3, 0.4) is 0 Å². The molecule has 22 heavy (non-hydrogen) atoms. The fourth-order valence-corrected chi connectivity index (χ4v) is 1.83. The molecule has 2 N–H and O–H groups in total. The molecule has 0 aliphatic rings. The summed E-state index contributed by atoms with van der Waals surface area (Å²) in [4.78, 5) is 8.54. The zero-order valence-electron chi connectivity index (χ0n) is 12.9. The van der Waals surface area contributed by atoms with Gasteiger partial charge in [-0.25, -0.2) is 4.98 Å². The first-order valence-electron chi connectivity index (χ1n) is 6.81. The van der Waals surface area contributed by atoms with Crippen LogP contribution in [0.1, 0.15) is 0 Å². The van der Waals surface area contributed by atoms with Gasteiger partial charge in [0.2, 0.25) is 5.95 Å². The van der Waals surface area contributed by atoms with Gasteiger partial charge in [-0.3, -0.25) is 0 Å². The summed E-state index contributed by atoms with van der Waals surface area (Å²) in [6.07, 6.45) is 1.68. The van der Waals surface area contributed by atoms with E-state index in [9.17, 15) is 0 Å². The van der Waals surface area contributed by atoms with E-state index < -0.39 is 0 Å². The summed E-state index contributed by atoms with van der Waals surface area (Å²) in [6.45, 7) is 1.23. The van der Waals surface area contributed by atoms with Crippen LogP contribution in [0.25, 0.3) is 0 Å². The number of rotatable bonds is 8. The molecule has 7 nitrogen and oxygen atoms in total. The van der Waals surface area contributed by atoms with Gasteiger partial charge in [0, 0.05) is 25.9 Å². The lowest BCUT2D eigenvalue weighted by molar-refractivity contribution is 0.210. The maximum Gasteiger partial charge on any atom is 0.224 e. The third-order valence-electron chi connectivity index (χ3n) is 2.91. The van der Waals surface area contributed by atoms with Crippen LogP contribution in [0.4, 0.5) is 17.5 Å². The average Bonchev–Trinajstić information content (AvgIpc) is 2.55. The minimum atomic E-state index is 0.531. The van der Waals surface area contributed by atoms with Gasteiger partial charge in [0.05, 0.1) is 26.5 Å². The molecule has 0 saturated heterocycles. The van der Waals surface area contributed by atoms with Crippen molar-refractivity contribution in [3.05, 3.63) is 30.5 Å². The molecule has 0 unspecified atom stereocenters. The van der Waals surface area contributed by atoms with Gasteiger partial charge in [-0.2, -0.15) is 4.98 Å². The third kappa shape index (κ3) is 4.23. The zero-order valence-corrected chi connectivity index (χ0v) is 12.9. The second-order valence-electron chi connectivity index (χ2n) is 4.38. The number of nitrogens with one attached hydrogen (secondary N) is 2. The Labute approximate surface area is 129 Å². The minimum absolute atomic E-state index is 0.531. The molecule has 1 aromatic heterocycles. The molecule has 0 radical (unpaired) electrons. The predicted molar refractivity (Wildman–Crippen MR) is 85.2 cm³/mol. The van der Waals surface area contributed by atoms with E-state index in [1.807, 2.05) is 18.2 Å². The lowest BCUT2D eigenvalue weighted by Gasteiger charge is -2.12. The highest BCUT2D eigenvalue weighted by atomic mass is 16.5. The SMILES string of the molecule is COCCNc1nccc(Nc2cc(OC)ccc2OC)n1. The zero-order chi connectivity index (χ0) is 15.8. The topological polar surface area (TPSA) is 77.5 Å². The van der Waals surface area contributed by atoms with E-state index in [4.69, 9.17) is 14.2 Å². The van der Waals surface area contributed by atoms with Crippen molar-refractivity contribution in [3.8, 4) is 11.5 Å². The predicted octanol–water partition coefficient (Wildman–Crippen LogP) is 2.30. The maximum absolute atomic E-state index is 5.33. The highest BCUT2D eigenvalue weighted by Crippen LogP contribution is 2.31. The molecule has 2 rings (SSSR count). The standard InChI is InChI=1S/C15H20N4O3/c1-20-9-8-17-15-16-7-6-14(19-15)18-12-10-11(21-2)4-5-13(12)22-3/h4-7,10H,8-9H2,1-3H3,(H2,16,17,18,19). The summed E-state index contributed by atoms with van der Waals surface area (Å²) >= 11 is 0. The lowest BCUT2D eigenvalue weighted by atomic mass is 10.2. The molecule has 0 spiro atoms. The van der Waals surface area contributed by atoms with Crippen molar-refractivity contribution < 1.29 is 14.2 Å². The number of anilines is 3. The summed E-state index contributed by atoms with van der Waals surface area (Å²) < 4.78 is 15.5. The number of aromatic nitrogens is 2. The quantitative estimate of drug-likeness (QED) is 0.724. The number of hydrogen-bond acceptors (Lipinski definition) is 7. The number of nitrogens with zero attached hydrogens (tertiary/aromatic N) is 2. The second-order valence-corrected chi connectivity index (χ2v) is 4.38. The summed E-state index contributed by atoms with van der Waals surface area (Å²) in [6, 6.07) is 7.29. The van der Waals surface area contributed by atoms with Gasteiger partial charge in [0.15, 0.2) is 0 Å². The Morgan fingerprint density at radius 1 is 1.09 bits per heavy atom. The van der Waals surface area contributed by atoms with Gasteiger partial charge < -0.3 is 24.8 Å². The van der Waals surface area contributed by atoms with Crippen LogP contribution in [0, 0.1) is 0 Å². The van der Waals surface area contributed by atoms with E-state index in [2.05, 4.69) is 20.6 Å². The largest absolute Gasteiger partial charge is 0.497 e.